The Hall–Kier alpha value is -2.95. The Morgan fingerprint density at radius 3 is 2.31 bits per heavy atom. The summed E-state index contributed by atoms with van der Waals surface area (Å²) in [5.41, 5.74) is 1.18. The van der Waals surface area contributed by atoms with Crippen molar-refractivity contribution >= 4 is 17.9 Å². The van der Waals surface area contributed by atoms with Gasteiger partial charge in [0, 0.05) is 60.3 Å². The van der Waals surface area contributed by atoms with E-state index < -0.39 is 71.0 Å². The van der Waals surface area contributed by atoms with Crippen LogP contribution in [0.25, 0.3) is 0 Å². The highest BCUT2D eigenvalue weighted by atomic mass is 16.6. The molecular formula is C35H46O10. The van der Waals surface area contributed by atoms with E-state index in [1.54, 1.807) is 32.4 Å². The Balaban J connectivity index is 1.61. The molecule has 1 aromatic heterocycles. The maximum absolute atomic E-state index is 13.7. The monoisotopic (exact) mass is 626 g/mol. The van der Waals surface area contributed by atoms with Gasteiger partial charge in [-0.15, -0.1) is 0 Å². The van der Waals surface area contributed by atoms with Gasteiger partial charge in [0.1, 0.15) is 18.3 Å². The van der Waals surface area contributed by atoms with Crippen LogP contribution in [0.4, 0.5) is 0 Å². The van der Waals surface area contributed by atoms with Crippen LogP contribution in [0, 0.1) is 28.1 Å². The Morgan fingerprint density at radius 2 is 1.69 bits per heavy atom. The zero-order valence-corrected chi connectivity index (χ0v) is 27.5. The number of aliphatic hydroxyl groups excluding tert-OH is 1. The van der Waals surface area contributed by atoms with Crippen LogP contribution in [0.3, 0.4) is 0 Å². The number of allylic oxidation sites excluding steroid dienone is 2. The second-order valence-electron chi connectivity index (χ2n) is 14.4. The lowest BCUT2D eigenvalue weighted by atomic mass is 9.39. The van der Waals surface area contributed by atoms with Gasteiger partial charge in [-0.2, -0.15) is 0 Å². The standard InChI is InChI=1S/C35H46O10/c1-9-17(2)32(39)45-31-29-30-33(6,16-41-29)25(42-19(4)36)14-26(43-20(5)37)34(30,7)24-13-27(38)44-23-12-22(21-10-11-40-15-21)18(3)28(23)35(24,31)8/h9-11,15,22-27,29-31,38H,12-14,16H2,1-8H3/t22-,23+,24-,25+,26-,27-,29+,30+,31-,33-,34+,35-/m1/s1. The third-order valence-electron chi connectivity index (χ3n) is 12.1. The fraction of sp³-hybridized carbons (Fsp3) is 0.686. The topological polar surface area (TPSA) is 131 Å². The molecule has 2 saturated carbocycles. The van der Waals surface area contributed by atoms with E-state index in [0.29, 0.717) is 12.0 Å². The van der Waals surface area contributed by atoms with Crippen LogP contribution in [-0.2, 0) is 38.1 Å². The van der Waals surface area contributed by atoms with Gasteiger partial charge in [-0.3, -0.25) is 9.59 Å². The molecule has 0 unspecified atom stereocenters. The van der Waals surface area contributed by atoms with E-state index in [-0.39, 0.29) is 37.2 Å². The molecule has 6 rings (SSSR count). The van der Waals surface area contributed by atoms with Crippen molar-refractivity contribution < 1.29 is 47.6 Å². The first-order valence-corrected chi connectivity index (χ1v) is 16.0. The molecule has 3 aliphatic carbocycles. The van der Waals surface area contributed by atoms with E-state index in [1.165, 1.54) is 13.8 Å². The van der Waals surface area contributed by atoms with Gasteiger partial charge in [0.25, 0.3) is 0 Å². The predicted molar refractivity (Wildman–Crippen MR) is 160 cm³/mol. The average Bonchev–Trinajstić information content (AvgIpc) is 3.68. The third kappa shape index (κ3) is 4.65. The molecule has 2 aliphatic heterocycles. The second-order valence-corrected chi connectivity index (χ2v) is 14.4. The molecule has 1 N–H and O–H groups in total. The van der Waals surface area contributed by atoms with Gasteiger partial charge >= 0.3 is 17.9 Å². The quantitative estimate of drug-likeness (QED) is 0.206. The molecule has 10 heteroatoms. The van der Waals surface area contributed by atoms with Crippen molar-refractivity contribution in [3.05, 3.63) is 47.0 Å². The van der Waals surface area contributed by atoms with Crippen LogP contribution in [0.5, 0.6) is 0 Å². The summed E-state index contributed by atoms with van der Waals surface area (Å²) in [6, 6.07) is 1.94. The van der Waals surface area contributed by atoms with Crippen molar-refractivity contribution in [1.82, 2.24) is 0 Å². The zero-order valence-electron chi connectivity index (χ0n) is 27.5. The predicted octanol–water partition coefficient (Wildman–Crippen LogP) is 5.00. The van der Waals surface area contributed by atoms with E-state index in [9.17, 15) is 19.5 Å². The Labute approximate surface area is 264 Å². The van der Waals surface area contributed by atoms with Gasteiger partial charge in [-0.05, 0) is 50.3 Å². The maximum Gasteiger partial charge on any atom is 0.333 e. The Kier molecular flexibility index (Phi) is 7.89. The highest BCUT2D eigenvalue weighted by molar-refractivity contribution is 5.87. The number of hydrogen-bond donors (Lipinski definition) is 1. The first-order valence-electron chi connectivity index (χ1n) is 16.0. The van der Waals surface area contributed by atoms with E-state index in [0.717, 1.165) is 16.7 Å². The molecule has 5 aliphatic rings. The Morgan fingerprint density at radius 1 is 1.00 bits per heavy atom. The summed E-state index contributed by atoms with van der Waals surface area (Å²) in [7, 11) is 0. The SMILES string of the molecule is CC=C(C)C(=O)O[C@@H]1[C@H]2OC[C@]3(C)[C@@H](OC(C)=O)C[C@@H](OC(C)=O)[C@@](C)([C@@H]23)[C@H]2C[C@H](O)O[C@H]3C[C@@H](c4ccoc4)C(C)=C3[C@]12C. The molecule has 0 amide bonds. The van der Waals surface area contributed by atoms with Crippen molar-refractivity contribution in [3.63, 3.8) is 0 Å². The summed E-state index contributed by atoms with van der Waals surface area (Å²) in [5.74, 6) is -2.08. The van der Waals surface area contributed by atoms with Crippen molar-refractivity contribution in [3.8, 4) is 0 Å². The lowest BCUT2D eigenvalue weighted by molar-refractivity contribution is -0.262. The van der Waals surface area contributed by atoms with Crippen LogP contribution in [0.15, 0.2) is 45.8 Å². The molecule has 10 nitrogen and oxygen atoms in total. The number of furan rings is 1. The van der Waals surface area contributed by atoms with Gasteiger partial charge in [0.05, 0.1) is 31.3 Å². The fourth-order valence-electron chi connectivity index (χ4n) is 10.3. The number of esters is 3. The van der Waals surface area contributed by atoms with Gasteiger partial charge in [-0.1, -0.05) is 32.4 Å². The zero-order chi connectivity index (χ0) is 32.6. The molecule has 12 atom stereocenters. The third-order valence-corrected chi connectivity index (χ3v) is 12.1. The van der Waals surface area contributed by atoms with E-state index in [2.05, 4.69) is 20.8 Å². The Bertz CT molecular complexity index is 1430. The number of fused-ring (bicyclic) bond motifs is 4. The normalized spacial score (nSPS) is 43.9. The first kappa shape index (κ1) is 32.0. The number of carbonyl (C=O) groups excluding carboxylic acids is 3. The molecule has 3 heterocycles. The number of aliphatic hydroxyl groups is 1. The smallest absolute Gasteiger partial charge is 0.333 e. The lowest BCUT2D eigenvalue weighted by Gasteiger charge is -2.66. The van der Waals surface area contributed by atoms with Crippen LogP contribution >= 0.6 is 0 Å². The van der Waals surface area contributed by atoms with Crippen LogP contribution in [0.2, 0.25) is 0 Å². The van der Waals surface area contributed by atoms with Crippen molar-refractivity contribution in [2.75, 3.05) is 6.61 Å². The van der Waals surface area contributed by atoms with E-state index in [1.807, 2.05) is 13.0 Å². The maximum atomic E-state index is 13.7. The molecule has 45 heavy (non-hydrogen) atoms. The van der Waals surface area contributed by atoms with Gasteiger partial charge in [0.15, 0.2) is 6.29 Å². The molecule has 2 saturated heterocycles. The molecule has 1 aromatic rings. The van der Waals surface area contributed by atoms with Crippen LogP contribution in [-0.4, -0.2) is 66.4 Å². The minimum atomic E-state index is -1.12. The van der Waals surface area contributed by atoms with Crippen molar-refractivity contribution in [2.45, 2.75) is 117 Å². The van der Waals surface area contributed by atoms with E-state index >= 15 is 0 Å². The first-order chi connectivity index (χ1) is 21.2. The summed E-state index contributed by atoms with van der Waals surface area (Å²) in [5, 5.41) is 11.6. The largest absolute Gasteiger partial charge is 0.472 e. The lowest BCUT2D eigenvalue weighted by Crippen LogP contribution is -2.72. The van der Waals surface area contributed by atoms with E-state index in [4.69, 9.17) is 28.1 Å². The fourth-order valence-corrected chi connectivity index (χ4v) is 10.3. The highest BCUT2D eigenvalue weighted by Crippen LogP contribution is 2.72. The summed E-state index contributed by atoms with van der Waals surface area (Å²) in [6.45, 7) is 14.9. The summed E-state index contributed by atoms with van der Waals surface area (Å²) in [4.78, 5) is 38.7. The molecule has 4 fully saturated rings. The number of ether oxygens (including phenoxy) is 5. The minimum absolute atomic E-state index is 0.0237. The number of hydrogen-bond acceptors (Lipinski definition) is 10. The summed E-state index contributed by atoms with van der Waals surface area (Å²) < 4.78 is 37.2. The van der Waals surface area contributed by atoms with Crippen LogP contribution < -0.4 is 0 Å². The molecule has 0 radical (unpaired) electrons. The van der Waals surface area contributed by atoms with Gasteiger partial charge in [0.2, 0.25) is 0 Å². The van der Waals surface area contributed by atoms with Crippen molar-refractivity contribution in [2.24, 2.45) is 28.1 Å². The molecule has 0 bridgehead atoms. The molecule has 246 valence electrons. The molecule has 0 spiro atoms. The average molecular weight is 627 g/mol. The number of rotatable bonds is 5. The molecule has 0 aromatic carbocycles. The second kappa shape index (κ2) is 11.1. The summed E-state index contributed by atoms with van der Waals surface area (Å²) >= 11 is 0. The highest BCUT2D eigenvalue weighted by Gasteiger charge is 2.77. The van der Waals surface area contributed by atoms with Crippen molar-refractivity contribution in [1.29, 1.82) is 0 Å². The summed E-state index contributed by atoms with van der Waals surface area (Å²) in [6.07, 6.45) is 1.99. The molecular weight excluding hydrogens is 580 g/mol. The van der Waals surface area contributed by atoms with Gasteiger partial charge < -0.3 is 33.2 Å². The minimum Gasteiger partial charge on any atom is -0.472 e. The van der Waals surface area contributed by atoms with Crippen LogP contribution in [0.1, 0.15) is 86.1 Å². The van der Waals surface area contributed by atoms with Gasteiger partial charge in [-0.25, -0.2) is 4.79 Å². The number of carbonyl (C=O) groups is 3.